The summed E-state index contributed by atoms with van der Waals surface area (Å²) in [6.45, 7) is 0.251. The first-order valence-corrected chi connectivity index (χ1v) is 6.84. The first-order valence-electron chi connectivity index (χ1n) is 4.78. The number of hydrogen-bond acceptors (Lipinski definition) is 5. The zero-order valence-electron chi connectivity index (χ0n) is 9.01. The highest BCUT2D eigenvalue weighted by Crippen LogP contribution is 2.29. The Balaban J connectivity index is 2.47. The highest BCUT2D eigenvalue weighted by Gasteiger charge is 2.05. The van der Waals surface area contributed by atoms with E-state index in [2.05, 4.69) is 0 Å². The predicted molar refractivity (Wildman–Crippen MR) is 62.3 cm³/mol. The van der Waals surface area contributed by atoms with Crippen LogP contribution in [0.4, 0.5) is 5.69 Å². The third kappa shape index (κ3) is 3.98. The Morgan fingerprint density at radius 3 is 2.75 bits per heavy atom. The predicted octanol–water partition coefficient (Wildman–Crippen LogP) is 0.788. The molecular weight excluding hydrogens is 230 g/mol. The van der Waals surface area contributed by atoms with Crippen LogP contribution in [-0.4, -0.2) is 32.1 Å². The molecule has 0 aliphatic rings. The van der Waals surface area contributed by atoms with Gasteiger partial charge >= 0.3 is 0 Å². The van der Waals surface area contributed by atoms with Crippen molar-refractivity contribution in [2.45, 2.75) is 6.42 Å². The first kappa shape index (κ1) is 12.6. The lowest BCUT2D eigenvalue weighted by molar-refractivity contribution is 0.318. The molecular formula is C10H15NO4S. The van der Waals surface area contributed by atoms with E-state index in [9.17, 15) is 13.5 Å². The molecule has 1 rings (SSSR count). The minimum atomic E-state index is -2.96. The first-order chi connectivity index (χ1) is 7.40. The van der Waals surface area contributed by atoms with Gasteiger partial charge in [-0.1, -0.05) is 6.07 Å². The van der Waals surface area contributed by atoms with Gasteiger partial charge in [-0.25, -0.2) is 8.42 Å². The second-order valence-electron chi connectivity index (χ2n) is 3.52. The third-order valence-corrected chi connectivity index (χ3v) is 2.99. The van der Waals surface area contributed by atoms with E-state index in [1.807, 2.05) is 0 Å². The Labute approximate surface area is 94.8 Å². The van der Waals surface area contributed by atoms with Gasteiger partial charge in [-0.3, -0.25) is 0 Å². The minimum absolute atomic E-state index is 0.0411. The monoisotopic (exact) mass is 245 g/mol. The van der Waals surface area contributed by atoms with E-state index < -0.39 is 9.84 Å². The molecule has 0 saturated heterocycles. The van der Waals surface area contributed by atoms with Crippen LogP contribution >= 0.6 is 0 Å². The van der Waals surface area contributed by atoms with Gasteiger partial charge in [-0.05, 0) is 18.6 Å². The number of para-hydroxylation sites is 1. The molecule has 0 aromatic heterocycles. The smallest absolute Gasteiger partial charge is 0.147 e. The molecule has 1 aromatic rings. The van der Waals surface area contributed by atoms with Crippen LogP contribution in [0.5, 0.6) is 11.5 Å². The maximum absolute atomic E-state index is 10.8. The largest absolute Gasteiger partial charge is 0.506 e. The van der Waals surface area contributed by atoms with E-state index in [1.165, 1.54) is 12.3 Å². The Kier molecular flexibility index (Phi) is 4.00. The quantitative estimate of drug-likeness (QED) is 0.454. The molecule has 5 nitrogen and oxygen atoms in total. The maximum Gasteiger partial charge on any atom is 0.147 e. The topological polar surface area (TPSA) is 89.6 Å². The van der Waals surface area contributed by atoms with Crippen LogP contribution in [0, 0.1) is 0 Å². The van der Waals surface area contributed by atoms with Gasteiger partial charge in [0.05, 0.1) is 12.4 Å². The SMILES string of the molecule is CS(=O)(=O)CCCOc1cccc(O)c1N. The molecule has 0 unspecified atom stereocenters. The van der Waals surface area contributed by atoms with Gasteiger partial charge in [0, 0.05) is 6.26 Å². The molecule has 0 atom stereocenters. The summed E-state index contributed by atoms with van der Waals surface area (Å²) in [6, 6.07) is 4.69. The van der Waals surface area contributed by atoms with E-state index in [4.69, 9.17) is 10.5 Å². The lowest BCUT2D eigenvalue weighted by atomic mass is 10.3. The second-order valence-corrected chi connectivity index (χ2v) is 5.78. The zero-order chi connectivity index (χ0) is 12.2. The van der Waals surface area contributed by atoms with Crippen molar-refractivity contribution in [1.29, 1.82) is 0 Å². The van der Waals surface area contributed by atoms with Crippen LogP contribution in [0.15, 0.2) is 18.2 Å². The van der Waals surface area contributed by atoms with Gasteiger partial charge in [0.15, 0.2) is 0 Å². The van der Waals surface area contributed by atoms with Crippen molar-refractivity contribution in [2.75, 3.05) is 24.3 Å². The fourth-order valence-electron chi connectivity index (χ4n) is 1.16. The molecule has 16 heavy (non-hydrogen) atoms. The van der Waals surface area contributed by atoms with Crippen molar-refractivity contribution in [2.24, 2.45) is 0 Å². The molecule has 0 spiro atoms. The van der Waals surface area contributed by atoms with Gasteiger partial charge in [-0.15, -0.1) is 0 Å². The van der Waals surface area contributed by atoms with E-state index in [1.54, 1.807) is 12.1 Å². The van der Waals surface area contributed by atoms with Crippen LogP contribution in [0.25, 0.3) is 0 Å². The van der Waals surface area contributed by atoms with Gasteiger partial charge in [0.25, 0.3) is 0 Å². The Morgan fingerprint density at radius 1 is 1.44 bits per heavy atom. The number of aromatic hydroxyl groups is 1. The van der Waals surface area contributed by atoms with Crippen molar-refractivity contribution >= 4 is 15.5 Å². The molecule has 0 saturated carbocycles. The van der Waals surface area contributed by atoms with Crippen molar-refractivity contribution in [3.05, 3.63) is 18.2 Å². The number of rotatable bonds is 5. The van der Waals surface area contributed by atoms with Crippen LogP contribution < -0.4 is 10.5 Å². The number of nitrogens with two attached hydrogens (primary N) is 1. The lowest BCUT2D eigenvalue weighted by Crippen LogP contribution is -2.08. The molecule has 6 heteroatoms. The molecule has 0 fully saturated rings. The molecule has 1 aromatic carbocycles. The average Bonchev–Trinajstić information content (AvgIpc) is 2.17. The average molecular weight is 245 g/mol. The van der Waals surface area contributed by atoms with Gasteiger partial charge in [0.2, 0.25) is 0 Å². The Morgan fingerprint density at radius 2 is 2.12 bits per heavy atom. The number of sulfone groups is 1. The highest BCUT2D eigenvalue weighted by molar-refractivity contribution is 7.90. The number of phenolic OH excluding ortho intramolecular Hbond substituents is 1. The normalized spacial score (nSPS) is 11.3. The standard InChI is InChI=1S/C10H15NO4S/c1-16(13,14)7-3-6-15-9-5-2-4-8(12)10(9)11/h2,4-5,12H,3,6-7,11H2,1H3. The fourth-order valence-corrected chi connectivity index (χ4v) is 1.80. The maximum atomic E-state index is 10.8. The van der Waals surface area contributed by atoms with Crippen LogP contribution in [-0.2, 0) is 9.84 Å². The lowest BCUT2D eigenvalue weighted by Gasteiger charge is -2.09. The van der Waals surface area contributed by atoms with E-state index >= 15 is 0 Å². The molecule has 0 aliphatic heterocycles. The third-order valence-electron chi connectivity index (χ3n) is 1.96. The summed E-state index contributed by atoms with van der Waals surface area (Å²) in [4.78, 5) is 0. The van der Waals surface area contributed by atoms with E-state index in [0.717, 1.165) is 0 Å². The Hall–Kier alpha value is -1.43. The molecule has 0 heterocycles. The summed E-state index contributed by atoms with van der Waals surface area (Å²) in [6.07, 6.45) is 1.57. The van der Waals surface area contributed by atoms with E-state index in [0.29, 0.717) is 12.2 Å². The summed E-state index contributed by atoms with van der Waals surface area (Å²) in [5, 5.41) is 9.28. The number of ether oxygens (including phenoxy) is 1. The molecule has 0 bridgehead atoms. The number of benzene rings is 1. The Bertz CT molecular complexity index is 456. The van der Waals surface area contributed by atoms with Crippen molar-refractivity contribution in [3.8, 4) is 11.5 Å². The number of nitrogen functional groups attached to an aromatic ring is 1. The van der Waals surface area contributed by atoms with Crippen molar-refractivity contribution in [3.63, 3.8) is 0 Å². The minimum Gasteiger partial charge on any atom is -0.506 e. The van der Waals surface area contributed by atoms with Crippen molar-refractivity contribution in [1.82, 2.24) is 0 Å². The second kappa shape index (κ2) is 5.07. The highest BCUT2D eigenvalue weighted by atomic mass is 32.2. The fraction of sp³-hybridized carbons (Fsp3) is 0.400. The summed E-state index contributed by atoms with van der Waals surface area (Å²) in [7, 11) is -2.96. The summed E-state index contributed by atoms with van der Waals surface area (Å²) in [5.41, 5.74) is 5.73. The van der Waals surface area contributed by atoms with Gasteiger partial charge < -0.3 is 15.6 Å². The zero-order valence-corrected chi connectivity index (χ0v) is 9.83. The number of phenols is 1. The summed E-state index contributed by atoms with van der Waals surface area (Å²) >= 11 is 0. The molecule has 0 aliphatic carbocycles. The van der Waals surface area contributed by atoms with Crippen LogP contribution in [0.1, 0.15) is 6.42 Å². The number of anilines is 1. The number of hydrogen-bond donors (Lipinski definition) is 2. The summed E-state index contributed by atoms with van der Waals surface area (Å²) in [5.74, 6) is 0.403. The molecule has 0 amide bonds. The molecule has 3 N–H and O–H groups in total. The van der Waals surface area contributed by atoms with Gasteiger partial charge in [-0.2, -0.15) is 0 Å². The molecule has 90 valence electrons. The van der Waals surface area contributed by atoms with E-state index in [-0.39, 0.29) is 23.8 Å². The van der Waals surface area contributed by atoms with Gasteiger partial charge in [0.1, 0.15) is 27.0 Å². The van der Waals surface area contributed by atoms with Crippen molar-refractivity contribution < 1.29 is 18.3 Å². The summed E-state index contributed by atoms with van der Waals surface area (Å²) < 4.78 is 27.0. The van der Waals surface area contributed by atoms with Crippen LogP contribution in [0.2, 0.25) is 0 Å². The van der Waals surface area contributed by atoms with Crippen LogP contribution in [0.3, 0.4) is 0 Å². The molecule has 0 radical (unpaired) electrons.